The molecule has 0 radical (unpaired) electrons. The minimum absolute atomic E-state index is 0.150. The number of halogens is 1. The van der Waals surface area contributed by atoms with Crippen molar-refractivity contribution in [1.82, 2.24) is 4.98 Å². The van der Waals surface area contributed by atoms with Gasteiger partial charge in [0.2, 0.25) is 0 Å². The predicted molar refractivity (Wildman–Crippen MR) is 98.2 cm³/mol. The highest BCUT2D eigenvalue weighted by atomic mass is 19.1. The molecule has 0 fully saturated rings. The number of nitrogens with zero attached hydrogens (tertiary/aromatic N) is 2. The van der Waals surface area contributed by atoms with Crippen molar-refractivity contribution >= 4 is 5.82 Å². The predicted octanol–water partition coefficient (Wildman–Crippen LogP) is 4.96. The van der Waals surface area contributed by atoms with Gasteiger partial charge in [0.15, 0.2) is 0 Å². The molecule has 1 heterocycles. The molecule has 0 bridgehead atoms. The molecule has 2 N–H and O–H groups in total. The lowest BCUT2D eigenvalue weighted by Crippen LogP contribution is -2.00. The molecule has 3 nitrogen and oxygen atoms in total. The van der Waals surface area contributed by atoms with Crippen LogP contribution in [0.1, 0.15) is 24.5 Å². The summed E-state index contributed by atoms with van der Waals surface area (Å²) in [7, 11) is 0. The van der Waals surface area contributed by atoms with Crippen LogP contribution >= 0.6 is 0 Å². The van der Waals surface area contributed by atoms with Gasteiger partial charge in [-0.1, -0.05) is 49.7 Å². The SMILES string of the molecule is CCCc1ccc(-c2cc(-c3cccc(F)c3)c(C#N)c(N)n2)cc1. The van der Waals surface area contributed by atoms with Gasteiger partial charge in [-0.25, -0.2) is 9.37 Å². The largest absolute Gasteiger partial charge is 0.383 e. The molecule has 124 valence electrons. The third-order valence-electron chi connectivity index (χ3n) is 4.08. The number of aromatic nitrogens is 1. The molecule has 0 aliphatic rings. The second kappa shape index (κ2) is 7.14. The highest BCUT2D eigenvalue weighted by Gasteiger charge is 2.14. The molecule has 25 heavy (non-hydrogen) atoms. The van der Waals surface area contributed by atoms with Crippen molar-refractivity contribution in [3.63, 3.8) is 0 Å². The smallest absolute Gasteiger partial charge is 0.142 e. The number of hydrogen-bond acceptors (Lipinski definition) is 3. The Balaban J connectivity index is 2.12. The molecule has 1 aromatic heterocycles. The molecule has 0 saturated carbocycles. The summed E-state index contributed by atoms with van der Waals surface area (Å²) in [4.78, 5) is 4.36. The number of nitrogen functional groups attached to an aromatic ring is 1. The van der Waals surface area contributed by atoms with E-state index in [4.69, 9.17) is 5.73 Å². The van der Waals surface area contributed by atoms with Gasteiger partial charge in [-0.3, -0.25) is 0 Å². The number of benzene rings is 2. The van der Waals surface area contributed by atoms with Gasteiger partial charge in [0.05, 0.1) is 5.69 Å². The lowest BCUT2D eigenvalue weighted by molar-refractivity contribution is 0.628. The number of aryl methyl sites for hydroxylation is 1. The number of rotatable bonds is 4. The summed E-state index contributed by atoms with van der Waals surface area (Å²) >= 11 is 0. The Morgan fingerprint density at radius 1 is 1.08 bits per heavy atom. The summed E-state index contributed by atoms with van der Waals surface area (Å²) in [6.07, 6.45) is 2.11. The third-order valence-corrected chi connectivity index (χ3v) is 4.08. The van der Waals surface area contributed by atoms with Crippen molar-refractivity contribution in [1.29, 1.82) is 5.26 Å². The van der Waals surface area contributed by atoms with Crippen LogP contribution < -0.4 is 5.73 Å². The zero-order valence-electron chi connectivity index (χ0n) is 14.0. The standard InChI is InChI=1S/C21H18FN3/c1-2-4-14-7-9-15(10-8-14)20-12-18(19(13-23)21(24)25-20)16-5-3-6-17(22)11-16/h3,5-12H,2,4H2,1H3,(H2,24,25). The first-order chi connectivity index (χ1) is 12.1. The molecule has 0 aliphatic heterocycles. The first-order valence-corrected chi connectivity index (χ1v) is 8.18. The Morgan fingerprint density at radius 3 is 2.48 bits per heavy atom. The molecule has 0 spiro atoms. The van der Waals surface area contributed by atoms with Crippen LogP contribution in [-0.4, -0.2) is 4.98 Å². The lowest BCUT2D eigenvalue weighted by Gasteiger charge is -2.11. The van der Waals surface area contributed by atoms with Crippen LogP contribution in [0.2, 0.25) is 0 Å². The molecule has 0 saturated heterocycles. The third kappa shape index (κ3) is 3.51. The van der Waals surface area contributed by atoms with Crippen LogP contribution in [-0.2, 0) is 6.42 Å². The highest BCUT2D eigenvalue weighted by Crippen LogP contribution is 2.31. The van der Waals surface area contributed by atoms with E-state index in [1.54, 1.807) is 18.2 Å². The molecule has 2 aromatic carbocycles. The van der Waals surface area contributed by atoms with Gasteiger partial charge < -0.3 is 5.73 Å². The monoisotopic (exact) mass is 331 g/mol. The number of nitriles is 1. The number of hydrogen-bond donors (Lipinski definition) is 1. The minimum atomic E-state index is -0.359. The molecule has 0 amide bonds. The van der Waals surface area contributed by atoms with E-state index in [2.05, 4.69) is 30.1 Å². The fraction of sp³-hybridized carbons (Fsp3) is 0.143. The summed E-state index contributed by atoms with van der Waals surface area (Å²) in [6.45, 7) is 2.14. The van der Waals surface area contributed by atoms with Crippen LogP contribution in [0, 0.1) is 17.1 Å². The summed E-state index contributed by atoms with van der Waals surface area (Å²) < 4.78 is 13.6. The van der Waals surface area contributed by atoms with Crippen molar-refractivity contribution in [2.75, 3.05) is 5.73 Å². The Hall–Kier alpha value is -3.19. The Labute approximate surface area is 146 Å². The Bertz CT molecular complexity index is 940. The van der Waals surface area contributed by atoms with Crippen LogP contribution in [0.4, 0.5) is 10.2 Å². The van der Waals surface area contributed by atoms with Crippen molar-refractivity contribution in [2.24, 2.45) is 0 Å². The van der Waals surface area contributed by atoms with E-state index in [-0.39, 0.29) is 17.2 Å². The van der Waals surface area contributed by atoms with E-state index >= 15 is 0 Å². The molecule has 0 aliphatic carbocycles. The van der Waals surface area contributed by atoms with Crippen LogP contribution in [0.3, 0.4) is 0 Å². The normalized spacial score (nSPS) is 10.4. The van der Waals surface area contributed by atoms with E-state index in [1.165, 1.54) is 17.7 Å². The van der Waals surface area contributed by atoms with Crippen molar-refractivity contribution in [3.8, 4) is 28.5 Å². The maximum Gasteiger partial charge on any atom is 0.142 e. The van der Waals surface area contributed by atoms with Crippen LogP contribution in [0.25, 0.3) is 22.4 Å². The molecule has 3 aromatic rings. The molecular formula is C21H18FN3. The van der Waals surface area contributed by atoms with Crippen LogP contribution in [0.15, 0.2) is 54.6 Å². The Morgan fingerprint density at radius 2 is 1.84 bits per heavy atom. The van der Waals surface area contributed by atoms with Gasteiger partial charge >= 0.3 is 0 Å². The number of anilines is 1. The van der Waals surface area contributed by atoms with Gasteiger partial charge in [-0.2, -0.15) is 5.26 Å². The average Bonchev–Trinajstić information content (AvgIpc) is 2.62. The first kappa shape index (κ1) is 16.7. The topological polar surface area (TPSA) is 62.7 Å². The molecule has 0 atom stereocenters. The Kier molecular flexibility index (Phi) is 4.76. The zero-order chi connectivity index (χ0) is 17.8. The summed E-state index contributed by atoms with van der Waals surface area (Å²) in [6, 6.07) is 18.1. The van der Waals surface area contributed by atoms with Crippen molar-refractivity contribution < 1.29 is 4.39 Å². The second-order valence-electron chi connectivity index (χ2n) is 5.88. The average molecular weight is 331 g/mol. The highest BCUT2D eigenvalue weighted by molar-refractivity contribution is 5.80. The van der Waals surface area contributed by atoms with Gasteiger partial charge in [-0.15, -0.1) is 0 Å². The van der Waals surface area contributed by atoms with Gasteiger partial charge in [0.25, 0.3) is 0 Å². The fourth-order valence-electron chi connectivity index (χ4n) is 2.84. The van der Waals surface area contributed by atoms with Crippen molar-refractivity contribution in [2.45, 2.75) is 19.8 Å². The first-order valence-electron chi connectivity index (χ1n) is 8.18. The van der Waals surface area contributed by atoms with E-state index < -0.39 is 0 Å². The maximum absolute atomic E-state index is 13.6. The fourth-order valence-corrected chi connectivity index (χ4v) is 2.84. The zero-order valence-corrected chi connectivity index (χ0v) is 14.0. The number of pyridine rings is 1. The second-order valence-corrected chi connectivity index (χ2v) is 5.88. The number of nitrogens with two attached hydrogens (primary N) is 1. The summed E-state index contributed by atoms with van der Waals surface area (Å²) in [5.74, 6) is -0.209. The lowest BCUT2D eigenvalue weighted by atomic mass is 9.98. The van der Waals surface area contributed by atoms with E-state index in [9.17, 15) is 9.65 Å². The maximum atomic E-state index is 13.6. The molecule has 3 rings (SSSR count). The van der Waals surface area contributed by atoms with E-state index in [0.29, 0.717) is 16.8 Å². The van der Waals surface area contributed by atoms with E-state index in [1.807, 2.05) is 12.1 Å². The van der Waals surface area contributed by atoms with Gasteiger partial charge in [0, 0.05) is 11.1 Å². The van der Waals surface area contributed by atoms with Gasteiger partial charge in [-0.05, 0) is 35.7 Å². The van der Waals surface area contributed by atoms with E-state index in [0.717, 1.165) is 18.4 Å². The van der Waals surface area contributed by atoms with Crippen LogP contribution in [0.5, 0.6) is 0 Å². The van der Waals surface area contributed by atoms with Gasteiger partial charge in [0.1, 0.15) is 23.3 Å². The minimum Gasteiger partial charge on any atom is -0.383 e. The molecule has 4 heteroatoms. The molecular weight excluding hydrogens is 313 g/mol. The summed E-state index contributed by atoms with van der Waals surface area (Å²) in [5.41, 5.74) is 10.3. The summed E-state index contributed by atoms with van der Waals surface area (Å²) in [5, 5.41) is 9.42. The quantitative estimate of drug-likeness (QED) is 0.735. The molecule has 0 unspecified atom stereocenters. The van der Waals surface area contributed by atoms with Crippen molar-refractivity contribution in [3.05, 3.63) is 71.5 Å².